The Balaban J connectivity index is 1.81. The standard InChI is InChI=1S/C13H14BrClN2O2/c14-10-5-9(15)1-2-11(10)16-6-8-3-4-17(13(18)19)12(8)7-16/h1-2,5,8,12H,3-4,6-7H2,(H,18,19)/t8-,12+/m1/s1. The summed E-state index contributed by atoms with van der Waals surface area (Å²) in [4.78, 5) is 15.0. The molecule has 1 amide bonds. The monoisotopic (exact) mass is 344 g/mol. The van der Waals surface area contributed by atoms with Crippen LogP contribution in [-0.2, 0) is 0 Å². The van der Waals surface area contributed by atoms with Crippen molar-refractivity contribution in [2.45, 2.75) is 12.5 Å². The zero-order chi connectivity index (χ0) is 13.6. The molecule has 2 atom stereocenters. The van der Waals surface area contributed by atoms with E-state index >= 15 is 0 Å². The quantitative estimate of drug-likeness (QED) is 0.849. The van der Waals surface area contributed by atoms with Crippen LogP contribution in [0.2, 0.25) is 5.02 Å². The lowest BCUT2D eigenvalue weighted by Crippen LogP contribution is -2.38. The van der Waals surface area contributed by atoms with Gasteiger partial charge < -0.3 is 14.9 Å². The Bertz CT molecular complexity index is 525. The Morgan fingerprint density at radius 1 is 1.42 bits per heavy atom. The summed E-state index contributed by atoms with van der Waals surface area (Å²) in [5, 5.41) is 9.89. The molecule has 2 saturated heterocycles. The van der Waals surface area contributed by atoms with Gasteiger partial charge in [-0.25, -0.2) is 4.79 Å². The minimum absolute atomic E-state index is 0.125. The second-order valence-corrected chi connectivity index (χ2v) is 6.38. The fourth-order valence-electron chi connectivity index (χ4n) is 3.13. The first-order valence-corrected chi connectivity index (χ1v) is 7.43. The number of nitrogens with zero attached hydrogens (tertiary/aromatic N) is 2. The highest BCUT2D eigenvalue weighted by Gasteiger charge is 2.43. The van der Waals surface area contributed by atoms with Crippen LogP contribution in [0, 0.1) is 5.92 Å². The van der Waals surface area contributed by atoms with Gasteiger partial charge in [-0.3, -0.25) is 0 Å². The smallest absolute Gasteiger partial charge is 0.407 e. The Kier molecular flexibility index (Phi) is 3.35. The molecular formula is C13H14BrClN2O2. The SMILES string of the molecule is O=C(O)N1CC[C@@H]2CN(c3ccc(Cl)cc3Br)C[C@@H]21. The highest BCUT2D eigenvalue weighted by Crippen LogP contribution is 2.37. The van der Waals surface area contributed by atoms with E-state index in [-0.39, 0.29) is 6.04 Å². The van der Waals surface area contributed by atoms with Gasteiger partial charge in [0.1, 0.15) is 0 Å². The minimum atomic E-state index is -0.801. The summed E-state index contributed by atoms with van der Waals surface area (Å²) in [7, 11) is 0. The molecule has 6 heteroatoms. The Morgan fingerprint density at radius 2 is 2.21 bits per heavy atom. The molecule has 2 fully saturated rings. The molecule has 2 heterocycles. The van der Waals surface area contributed by atoms with E-state index < -0.39 is 6.09 Å². The van der Waals surface area contributed by atoms with Crippen LogP contribution < -0.4 is 4.90 Å². The average molecular weight is 346 g/mol. The maximum Gasteiger partial charge on any atom is 0.407 e. The molecule has 19 heavy (non-hydrogen) atoms. The first kappa shape index (κ1) is 13.1. The van der Waals surface area contributed by atoms with Crippen LogP contribution in [0.4, 0.5) is 10.5 Å². The van der Waals surface area contributed by atoms with Gasteiger partial charge in [0, 0.05) is 35.0 Å². The Morgan fingerprint density at radius 3 is 2.89 bits per heavy atom. The van der Waals surface area contributed by atoms with Crippen LogP contribution in [0.3, 0.4) is 0 Å². The maximum atomic E-state index is 11.2. The van der Waals surface area contributed by atoms with E-state index in [1.807, 2.05) is 18.2 Å². The fourth-order valence-corrected chi connectivity index (χ4v) is 4.07. The molecule has 0 aromatic heterocycles. The van der Waals surface area contributed by atoms with Gasteiger partial charge in [-0.1, -0.05) is 11.6 Å². The molecule has 4 nitrogen and oxygen atoms in total. The van der Waals surface area contributed by atoms with Gasteiger partial charge in [0.2, 0.25) is 0 Å². The van der Waals surface area contributed by atoms with Gasteiger partial charge >= 0.3 is 6.09 Å². The molecule has 2 aliphatic rings. The van der Waals surface area contributed by atoms with E-state index in [9.17, 15) is 9.90 Å². The lowest BCUT2D eigenvalue weighted by Gasteiger charge is -2.24. The van der Waals surface area contributed by atoms with Gasteiger partial charge in [-0.2, -0.15) is 0 Å². The summed E-state index contributed by atoms with van der Waals surface area (Å²) >= 11 is 9.47. The number of fused-ring (bicyclic) bond motifs is 1. The maximum absolute atomic E-state index is 11.2. The van der Waals surface area contributed by atoms with Crippen molar-refractivity contribution in [3.63, 3.8) is 0 Å². The zero-order valence-corrected chi connectivity index (χ0v) is 12.6. The third-order valence-electron chi connectivity index (χ3n) is 4.04. The molecule has 0 aliphatic carbocycles. The van der Waals surface area contributed by atoms with Gasteiger partial charge in [0.15, 0.2) is 0 Å². The van der Waals surface area contributed by atoms with E-state index in [1.54, 1.807) is 4.90 Å². The van der Waals surface area contributed by atoms with Crippen LogP contribution in [0.1, 0.15) is 6.42 Å². The van der Waals surface area contributed by atoms with Crippen molar-refractivity contribution in [3.05, 3.63) is 27.7 Å². The Labute approximate surface area is 125 Å². The number of carbonyl (C=O) groups is 1. The number of carboxylic acid groups (broad SMARTS) is 1. The van der Waals surface area contributed by atoms with Crippen LogP contribution in [0.15, 0.2) is 22.7 Å². The molecule has 1 N–H and O–H groups in total. The van der Waals surface area contributed by atoms with E-state index in [0.717, 1.165) is 29.7 Å². The summed E-state index contributed by atoms with van der Waals surface area (Å²) in [5.41, 5.74) is 1.09. The topological polar surface area (TPSA) is 43.8 Å². The van der Waals surface area contributed by atoms with E-state index in [0.29, 0.717) is 17.5 Å². The molecule has 102 valence electrons. The van der Waals surface area contributed by atoms with Crippen LogP contribution in [-0.4, -0.2) is 41.8 Å². The summed E-state index contributed by atoms with van der Waals surface area (Å²) in [6, 6.07) is 5.85. The molecule has 0 bridgehead atoms. The average Bonchev–Trinajstić information content (AvgIpc) is 2.87. The molecule has 0 spiro atoms. The number of amides is 1. The third kappa shape index (κ3) is 2.30. The third-order valence-corrected chi connectivity index (χ3v) is 4.91. The number of hydrogen-bond acceptors (Lipinski definition) is 2. The van der Waals surface area contributed by atoms with Crippen molar-refractivity contribution in [2.24, 2.45) is 5.92 Å². The van der Waals surface area contributed by atoms with Gasteiger partial charge in [0.25, 0.3) is 0 Å². The predicted octanol–water partition coefficient (Wildman–Crippen LogP) is 3.29. The molecule has 2 aliphatic heterocycles. The van der Waals surface area contributed by atoms with E-state index in [2.05, 4.69) is 20.8 Å². The van der Waals surface area contributed by atoms with Crippen LogP contribution in [0.25, 0.3) is 0 Å². The Hall–Kier alpha value is -0.940. The first-order chi connectivity index (χ1) is 9.06. The molecule has 3 rings (SSSR count). The summed E-state index contributed by atoms with van der Waals surface area (Å²) in [5.74, 6) is 0.443. The second-order valence-electron chi connectivity index (χ2n) is 5.09. The molecule has 1 aromatic rings. The number of benzene rings is 1. The van der Waals surface area contributed by atoms with Gasteiger partial charge in [-0.05, 0) is 40.5 Å². The molecule has 0 radical (unpaired) electrons. The van der Waals surface area contributed by atoms with Crippen LogP contribution in [0.5, 0.6) is 0 Å². The number of rotatable bonds is 1. The molecule has 1 aromatic carbocycles. The van der Waals surface area contributed by atoms with Crippen molar-refractivity contribution in [1.82, 2.24) is 4.90 Å². The highest BCUT2D eigenvalue weighted by atomic mass is 79.9. The number of halogens is 2. The second kappa shape index (κ2) is 4.87. The van der Waals surface area contributed by atoms with E-state index in [1.165, 1.54) is 0 Å². The fraction of sp³-hybridized carbons (Fsp3) is 0.462. The minimum Gasteiger partial charge on any atom is -0.465 e. The molecular weight excluding hydrogens is 332 g/mol. The zero-order valence-electron chi connectivity index (χ0n) is 10.2. The summed E-state index contributed by atoms with van der Waals surface area (Å²) < 4.78 is 0.960. The summed E-state index contributed by atoms with van der Waals surface area (Å²) in [6.07, 6.45) is 0.156. The number of likely N-dealkylation sites (tertiary alicyclic amines) is 1. The van der Waals surface area contributed by atoms with Crippen LogP contribution >= 0.6 is 27.5 Å². The van der Waals surface area contributed by atoms with Crippen molar-refractivity contribution in [3.8, 4) is 0 Å². The first-order valence-electron chi connectivity index (χ1n) is 6.26. The lowest BCUT2D eigenvalue weighted by atomic mass is 10.1. The van der Waals surface area contributed by atoms with E-state index in [4.69, 9.17) is 11.6 Å². The van der Waals surface area contributed by atoms with Crippen molar-refractivity contribution < 1.29 is 9.90 Å². The lowest BCUT2D eigenvalue weighted by molar-refractivity contribution is 0.140. The summed E-state index contributed by atoms with van der Waals surface area (Å²) in [6.45, 7) is 2.34. The highest BCUT2D eigenvalue weighted by molar-refractivity contribution is 9.10. The number of hydrogen-bond donors (Lipinski definition) is 1. The van der Waals surface area contributed by atoms with Crippen molar-refractivity contribution in [2.75, 3.05) is 24.5 Å². The molecule has 0 unspecified atom stereocenters. The number of anilines is 1. The molecule has 0 saturated carbocycles. The van der Waals surface area contributed by atoms with Gasteiger partial charge in [-0.15, -0.1) is 0 Å². The van der Waals surface area contributed by atoms with Crippen molar-refractivity contribution in [1.29, 1.82) is 0 Å². The van der Waals surface area contributed by atoms with Gasteiger partial charge in [0.05, 0.1) is 11.7 Å². The largest absolute Gasteiger partial charge is 0.465 e. The van der Waals surface area contributed by atoms with Crippen molar-refractivity contribution >= 4 is 39.3 Å². The normalized spacial score (nSPS) is 25.8. The predicted molar refractivity (Wildman–Crippen MR) is 78.0 cm³/mol.